The van der Waals surface area contributed by atoms with Gasteiger partial charge in [0.2, 0.25) is 0 Å². The number of hydrogen-bond donors (Lipinski definition) is 0. The first kappa shape index (κ1) is 15.2. The van der Waals surface area contributed by atoms with E-state index in [1.54, 1.807) is 31.2 Å². The first-order chi connectivity index (χ1) is 11.1. The molecule has 3 rings (SSSR count). The Labute approximate surface area is 132 Å². The molecule has 1 aromatic heterocycles. The van der Waals surface area contributed by atoms with Gasteiger partial charge in [-0.05, 0) is 19.1 Å². The summed E-state index contributed by atoms with van der Waals surface area (Å²) in [7, 11) is -2.91. The van der Waals surface area contributed by atoms with Gasteiger partial charge < -0.3 is 4.65 Å². The van der Waals surface area contributed by atoms with Crippen molar-refractivity contribution >= 4 is 30.3 Å². The molecule has 0 aliphatic rings. The average Bonchev–Trinajstić information content (AvgIpc) is 2.55. The van der Waals surface area contributed by atoms with E-state index in [1.165, 1.54) is 6.08 Å². The number of nitrogens with zero attached hydrogens (tertiary/aromatic N) is 2. The Morgan fingerprint density at radius 2 is 1.57 bits per heavy atom. The molecule has 114 valence electrons. The molecule has 0 fully saturated rings. The maximum absolute atomic E-state index is 12.7. The monoisotopic (exact) mass is 310 g/mol. The fourth-order valence-corrected chi connectivity index (χ4v) is 2.25. The molecule has 0 saturated heterocycles. The maximum atomic E-state index is 12.7. The molecule has 23 heavy (non-hydrogen) atoms. The molecule has 3 nitrogen and oxygen atoms in total. The largest absolute Gasteiger partial charge is 0.796 e. The quantitative estimate of drug-likeness (QED) is 0.530. The number of para-hydroxylation sites is 2. The summed E-state index contributed by atoms with van der Waals surface area (Å²) in [5, 5.41) is 0. The standard InChI is InChI=1S/C17H13BF2N2O/c1-12-16(22-15-10-6-5-9-14(15)21-12)11-17(23-18(19)20)13-7-3-2-4-8-13/h2-11H,1H3/b17-11-. The van der Waals surface area contributed by atoms with Crippen molar-refractivity contribution in [2.45, 2.75) is 6.92 Å². The van der Waals surface area contributed by atoms with E-state index < -0.39 is 7.47 Å². The number of benzene rings is 2. The smallest absolute Gasteiger partial charge is 0.505 e. The topological polar surface area (TPSA) is 35.0 Å². The van der Waals surface area contributed by atoms with Gasteiger partial charge in [0.15, 0.2) is 0 Å². The van der Waals surface area contributed by atoms with Gasteiger partial charge in [-0.15, -0.1) is 0 Å². The van der Waals surface area contributed by atoms with Gasteiger partial charge in [-0.3, -0.25) is 0 Å². The Bertz CT molecular complexity index is 854. The second-order valence-electron chi connectivity index (χ2n) is 4.94. The summed E-state index contributed by atoms with van der Waals surface area (Å²) in [6.07, 6.45) is 1.50. The van der Waals surface area contributed by atoms with Crippen LogP contribution >= 0.6 is 0 Å². The lowest BCUT2D eigenvalue weighted by atomic mass is 10.1. The number of fused-ring (bicyclic) bond motifs is 1. The summed E-state index contributed by atoms with van der Waals surface area (Å²) in [4.78, 5) is 8.93. The molecule has 1 heterocycles. The van der Waals surface area contributed by atoms with Gasteiger partial charge >= 0.3 is 7.47 Å². The van der Waals surface area contributed by atoms with Crippen LogP contribution in [0, 0.1) is 6.92 Å². The number of halogens is 2. The van der Waals surface area contributed by atoms with Gasteiger partial charge in [0.25, 0.3) is 0 Å². The van der Waals surface area contributed by atoms with Crippen molar-refractivity contribution < 1.29 is 13.3 Å². The van der Waals surface area contributed by atoms with Crippen molar-refractivity contribution in [1.82, 2.24) is 9.97 Å². The van der Waals surface area contributed by atoms with E-state index in [4.69, 9.17) is 0 Å². The third-order valence-corrected chi connectivity index (χ3v) is 3.32. The molecule has 0 spiro atoms. The number of hydrogen-bond acceptors (Lipinski definition) is 3. The van der Waals surface area contributed by atoms with Crippen LogP contribution in [0.4, 0.5) is 8.63 Å². The Morgan fingerprint density at radius 3 is 2.22 bits per heavy atom. The molecule has 3 aromatic rings. The molecule has 0 saturated carbocycles. The van der Waals surface area contributed by atoms with E-state index in [2.05, 4.69) is 14.6 Å². The lowest BCUT2D eigenvalue weighted by molar-refractivity contribution is 0.398. The van der Waals surface area contributed by atoms with Crippen LogP contribution in [-0.2, 0) is 4.65 Å². The van der Waals surface area contributed by atoms with E-state index in [1.807, 2.05) is 30.3 Å². The van der Waals surface area contributed by atoms with Crippen LogP contribution in [0.25, 0.3) is 22.9 Å². The zero-order valence-corrected chi connectivity index (χ0v) is 12.4. The van der Waals surface area contributed by atoms with Gasteiger partial charge in [-0.2, -0.15) is 0 Å². The van der Waals surface area contributed by atoms with E-state index in [0.29, 0.717) is 22.5 Å². The molecular formula is C17H13BF2N2O. The van der Waals surface area contributed by atoms with Crippen LogP contribution in [0.2, 0.25) is 0 Å². The van der Waals surface area contributed by atoms with Gasteiger partial charge in [0.05, 0.1) is 22.4 Å². The van der Waals surface area contributed by atoms with Gasteiger partial charge in [-0.1, -0.05) is 42.5 Å². The second-order valence-corrected chi connectivity index (χ2v) is 4.94. The zero-order valence-electron chi connectivity index (χ0n) is 12.4. The summed E-state index contributed by atoms with van der Waals surface area (Å²) in [5.74, 6) is 0.0632. The normalized spacial score (nSPS) is 11.5. The highest BCUT2D eigenvalue weighted by Gasteiger charge is 2.20. The molecule has 0 amide bonds. The minimum atomic E-state index is -2.91. The molecule has 6 heteroatoms. The average molecular weight is 310 g/mol. The van der Waals surface area contributed by atoms with E-state index in [-0.39, 0.29) is 5.76 Å². The summed E-state index contributed by atoms with van der Waals surface area (Å²) < 4.78 is 30.1. The maximum Gasteiger partial charge on any atom is 0.796 e. The Hall–Kier alpha value is -2.76. The Kier molecular flexibility index (Phi) is 4.32. The summed E-state index contributed by atoms with van der Waals surface area (Å²) in [6.45, 7) is 1.79. The Morgan fingerprint density at radius 1 is 0.957 bits per heavy atom. The molecule has 0 aliphatic heterocycles. The molecule has 0 N–H and O–H groups in total. The summed E-state index contributed by atoms with van der Waals surface area (Å²) in [6, 6.07) is 16.2. The number of aryl methyl sites for hydroxylation is 1. The minimum absolute atomic E-state index is 0.0632. The zero-order chi connectivity index (χ0) is 16.2. The molecule has 0 aliphatic carbocycles. The van der Waals surface area contributed by atoms with E-state index >= 15 is 0 Å². The van der Waals surface area contributed by atoms with Crippen molar-refractivity contribution in [3.8, 4) is 0 Å². The lowest BCUT2D eigenvalue weighted by Gasteiger charge is -2.10. The first-order valence-electron chi connectivity index (χ1n) is 7.09. The molecule has 0 unspecified atom stereocenters. The van der Waals surface area contributed by atoms with Crippen LogP contribution in [0.1, 0.15) is 17.0 Å². The fourth-order valence-electron chi connectivity index (χ4n) is 2.25. The second kappa shape index (κ2) is 6.56. The molecule has 2 aromatic carbocycles. The molecule has 0 bridgehead atoms. The third-order valence-electron chi connectivity index (χ3n) is 3.32. The molecule has 0 atom stereocenters. The minimum Gasteiger partial charge on any atom is -0.505 e. The van der Waals surface area contributed by atoms with Crippen LogP contribution in [0.15, 0.2) is 54.6 Å². The van der Waals surface area contributed by atoms with Crippen molar-refractivity contribution in [1.29, 1.82) is 0 Å². The number of aromatic nitrogens is 2. The highest BCUT2D eigenvalue weighted by molar-refractivity contribution is 6.36. The summed E-state index contributed by atoms with van der Waals surface area (Å²) in [5.41, 5.74) is 3.17. The van der Waals surface area contributed by atoms with Crippen LogP contribution < -0.4 is 0 Å². The first-order valence-corrected chi connectivity index (χ1v) is 7.09. The third kappa shape index (κ3) is 3.53. The Balaban J connectivity index is 2.10. The fraction of sp³-hybridized carbons (Fsp3) is 0.0588. The molecular weight excluding hydrogens is 297 g/mol. The van der Waals surface area contributed by atoms with E-state index in [9.17, 15) is 8.63 Å². The van der Waals surface area contributed by atoms with E-state index in [0.717, 1.165) is 5.52 Å². The van der Waals surface area contributed by atoms with Crippen molar-refractivity contribution in [3.63, 3.8) is 0 Å². The highest BCUT2D eigenvalue weighted by atomic mass is 19.2. The van der Waals surface area contributed by atoms with Crippen molar-refractivity contribution in [2.24, 2.45) is 0 Å². The van der Waals surface area contributed by atoms with Crippen LogP contribution in [0.5, 0.6) is 0 Å². The number of rotatable bonds is 4. The van der Waals surface area contributed by atoms with Gasteiger partial charge in [-0.25, -0.2) is 18.6 Å². The highest BCUT2D eigenvalue weighted by Crippen LogP contribution is 2.22. The lowest BCUT2D eigenvalue weighted by Crippen LogP contribution is -2.05. The molecule has 0 radical (unpaired) electrons. The predicted octanol–water partition coefficient (Wildman–Crippen LogP) is 4.38. The predicted molar refractivity (Wildman–Crippen MR) is 87.6 cm³/mol. The summed E-state index contributed by atoms with van der Waals surface area (Å²) >= 11 is 0. The van der Waals surface area contributed by atoms with Crippen LogP contribution in [-0.4, -0.2) is 17.4 Å². The van der Waals surface area contributed by atoms with Crippen molar-refractivity contribution in [2.75, 3.05) is 0 Å². The van der Waals surface area contributed by atoms with Crippen LogP contribution in [0.3, 0.4) is 0 Å². The van der Waals surface area contributed by atoms with Crippen molar-refractivity contribution in [3.05, 3.63) is 71.5 Å². The SMILES string of the molecule is Cc1nc2ccccc2nc1/C=C(\OB(F)F)c1ccccc1. The van der Waals surface area contributed by atoms with Gasteiger partial charge in [0.1, 0.15) is 5.76 Å². The van der Waals surface area contributed by atoms with Gasteiger partial charge in [0, 0.05) is 11.6 Å².